The first-order chi connectivity index (χ1) is 15.4. The number of nitrogens with two attached hydrogens (primary N) is 1. The van der Waals surface area contributed by atoms with Crippen molar-refractivity contribution in [2.75, 3.05) is 6.61 Å². The number of rotatable bonds is 10. The summed E-state index contributed by atoms with van der Waals surface area (Å²) in [5.74, 6) is -0.0768. The molecule has 6 heteroatoms. The van der Waals surface area contributed by atoms with E-state index in [1.807, 2.05) is 66.8 Å². The summed E-state index contributed by atoms with van der Waals surface area (Å²) in [5, 5.41) is 3.58. The van der Waals surface area contributed by atoms with E-state index < -0.39 is 11.5 Å². The van der Waals surface area contributed by atoms with Crippen molar-refractivity contribution >= 4 is 11.9 Å². The standard InChI is InChI=1S/C26H30N2O4/c1-19(11-12-21-13-15-22(16-14-21)25(27)30)28-24-10-6-7-17-26(24,32-20(2)29)18-31-23-8-4-3-5-9-23/h3-10,13-17,19,24,28H,11-12,18H2,1-2H3,(H2,27,30)/t19-,24?,26?/m1/s1. The second kappa shape index (κ2) is 10.8. The number of carbonyl (C=O) groups is 2. The number of allylic oxidation sites excluding steroid dienone is 2. The maximum absolute atomic E-state index is 11.9. The Bertz CT molecular complexity index is 969. The Labute approximate surface area is 189 Å². The molecular formula is C26H30N2O4. The third-order valence-electron chi connectivity index (χ3n) is 5.43. The van der Waals surface area contributed by atoms with E-state index in [0.717, 1.165) is 18.4 Å². The quantitative estimate of drug-likeness (QED) is 0.558. The molecule has 0 aliphatic heterocycles. The fraction of sp³-hybridized carbons (Fsp3) is 0.308. The number of esters is 1. The highest BCUT2D eigenvalue weighted by atomic mass is 16.6. The second-order valence-electron chi connectivity index (χ2n) is 8.04. The minimum atomic E-state index is -0.951. The smallest absolute Gasteiger partial charge is 0.303 e. The van der Waals surface area contributed by atoms with E-state index in [0.29, 0.717) is 11.3 Å². The highest BCUT2D eigenvalue weighted by Gasteiger charge is 2.41. The molecule has 2 aromatic carbocycles. The zero-order valence-electron chi connectivity index (χ0n) is 18.5. The topological polar surface area (TPSA) is 90.7 Å². The average Bonchev–Trinajstić information content (AvgIpc) is 2.78. The Kier molecular flexibility index (Phi) is 7.84. The van der Waals surface area contributed by atoms with Gasteiger partial charge in [0.1, 0.15) is 12.4 Å². The zero-order chi connectivity index (χ0) is 23.0. The average molecular weight is 435 g/mol. The highest BCUT2D eigenvalue weighted by molar-refractivity contribution is 5.92. The Balaban J connectivity index is 1.65. The molecule has 6 nitrogen and oxygen atoms in total. The Morgan fingerprint density at radius 1 is 1.09 bits per heavy atom. The largest absolute Gasteiger partial charge is 0.489 e. The van der Waals surface area contributed by atoms with E-state index in [4.69, 9.17) is 15.2 Å². The summed E-state index contributed by atoms with van der Waals surface area (Å²) >= 11 is 0. The maximum Gasteiger partial charge on any atom is 0.303 e. The van der Waals surface area contributed by atoms with E-state index in [9.17, 15) is 9.59 Å². The van der Waals surface area contributed by atoms with Crippen LogP contribution in [-0.4, -0.2) is 36.2 Å². The number of amides is 1. The molecule has 32 heavy (non-hydrogen) atoms. The van der Waals surface area contributed by atoms with Gasteiger partial charge in [0, 0.05) is 18.5 Å². The van der Waals surface area contributed by atoms with Crippen LogP contribution in [0.15, 0.2) is 78.9 Å². The van der Waals surface area contributed by atoms with Crippen molar-refractivity contribution in [2.24, 2.45) is 5.73 Å². The lowest BCUT2D eigenvalue weighted by molar-refractivity contribution is -0.157. The number of hydrogen-bond donors (Lipinski definition) is 2. The number of ether oxygens (including phenoxy) is 2. The molecule has 3 rings (SSSR count). The first-order valence-electron chi connectivity index (χ1n) is 10.8. The van der Waals surface area contributed by atoms with Gasteiger partial charge in [-0.2, -0.15) is 0 Å². The van der Waals surface area contributed by atoms with Crippen LogP contribution < -0.4 is 15.8 Å². The van der Waals surface area contributed by atoms with Gasteiger partial charge >= 0.3 is 5.97 Å². The van der Waals surface area contributed by atoms with Crippen molar-refractivity contribution < 1.29 is 19.1 Å². The van der Waals surface area contributed by atoms with Crippen LogP contribution >= 0.6 is 0 Å². The minimum Gasteiger partial charge on any atom is -0.489 e. The number of carbonyl (C=O) groups excluding carboxylic acids is 2. The number of primary amides is 1. The van der Waals surface area contributed by atoms with Crippen LogP contribution in [0.1, 0.15) is 36.2 Å². The highest BCUT2D eigenvalue weighted by Crippen LogP contribution is 2.26. The molecule has 2 unspecified atom stereocenters. The molecule has 1 aliphatic carbocycles. The van der Waals surface area contributed by atoms with Gasteiger partial charge in [-0.3, -0.25) is 9.59 Å². The van der Waals surface area contributed by atoms with E-state index >= 15 is 0 Å². The van der Waals surface area contributed by atoms with Crippen LogP contribution in [0, 0.1) is 0 Å². The summed E-state index contributed by atoms with van der Waals surface area (Å²) in [6.07, 6.45) is 9.39. The molecule has 2 aromatic rings. The third-order valence-corrected chi connectivity index (χ3v) is 5.43. The summed E-state index contributed by atoms with van der Waals surface area (Å²) in [4.78, 5) is 23.2. The molecule has 3 atom stereocenters. The maximum atomic E-state index is 11.9. The van der Waals surface area contributed by atoms with Crippen molar-refractivity contribution in [3.8, 4) is 5.75 Å². The van der Waals surface area contributed by atoms with E-state index in [1.165, 1.54) is 6.92 Å². The number of aryl methyl sites for hydroxylation is 1. The molecule has 3 N–H and O–H groups in total. The van der Waals surface area contributed by atoms with Gasteiger partial charge in [0.05, 0.1) is 6.04 Å². The van der Waals surface area contributed by atoms with Crippen molar-refractivity contribution in [1.82, 2.24) is 5.32 Å². The fourth-order valence-electron chi connectivity index (χ4n) is 3.71. The molecule has 0 saturated carbocycles. The molecule has 0 fully saturated rings. The number of hydrogen-bond acceptors (Lipinski definition) is 5. The van der Waals surface area contributed by atoms with Crippen LogP contribution in [0.4, 0.5) is 0 Å². The third kappa shape index (κ3) is 6.31. The van der Waals surface area contributed by atoms with Gasteiger partial charge in [0.2, 0.25) is 5.91 Å². The van der Waals surface area contributed by atoms with Gasteiger partial charge in [-0.15, -0.1) is 0 Å². The number of nitrogens with one attached hydrogen (secondary N) is 1. The predicted octanol–water partition coefficient (Wildman–Crippen LogP) is 3.57. The van der Waals surface area contributed by atoms with E-state index in [-0.39, 0.29) is 24.7 Å². The van der Waals surface area contributed by atoms with Gasteiger partial charge in [-0.05, 0) is 55.7 Å². The molecule has 0 heterocycles. The number of para-hydroxylation sites is 1. The van der Waals surface area contributed by atoms with Crippen LogP contribution in [-0.2, 0) is 16.0 Å². The first kappa shape index (κ1) is 23.3. The van der Waals surface area contributed by atoms with Crippen LogP contribution in [0.3, 0.4) is 0 Å². The van der Waals surface area contributed by atoms with Gasteiger partial charge in [-0.1, -0.05) is 48.6 Å². The van der Waals surface area contributed by atoms with Crippen molar-refractivity contribution in [3.63, 3.8) is 0 Å². The first-order valence-corrected chi connectivity index (χ1v) is 10.8. The molecule has 0 radical (unpaired) electrons. The van der Waals surface area contributed by atoms with E-state index in [1.54, 1.807) is 12.1 Å². The lowest BCUT2D eigenvalue weighted by Gasteiger charge is -2.39. The van der Waals surface area contributed by atoms with Gasteiger partial charge < -0.3 is 20.5 Å². The van der Waals surface area contributed by atoms with Crippen molar-refractivity contribution in [2.45, 2.75) is 44.4 Å². The van der Waals surface area contributed by atoms with Crippen LogP contribution in [0.5, 0.6) is 5.75 Å². The number of benzene rings is 2. The summed E-state index contributed by atoms with van der Waals surface area (Å²) in [5.41, 5.74) is 5.98. The van der Waals surface area contributed by atoms with Crippen LogP contribution in [0.2, 0.25) is 0 Å². The summed E-state index contributed by atoms with van der Waals surface area (Å²) < 4.78 is 11.8. The van der Waals surface area contributed by atoms with Crippen molar-refractivity contribution in [1.29, 1.82) is 0 Å². The SMILES string of the molecule is CC(=O)OC1(COc2ccccc2)C=CC=CC1N[C@H](C)CCc1ccc(C(N)=O)cc1. The van der Waals surface area contributed by atoms with Gasteiger partial charge in [0.15, 0.2) is 5.60 Å². The van der Waals surface area contributed by atoms with E-state index in [2.05, 4.69) is 12.2 Å². The molecule has 0 bridgehead atoms. The Hall–Kier alpha value is -3.38. The zero-order valence-corrected chi connectivity index (χ0v) is 18.5. The normalized spacial score (nSPS) is 20.5. The van der Waals surface area contributed by atoms with Crippen molar-refractivity contribution in [3.05, 3.63) is 90.0 Å². The molecule has 0 spiro atoms. The van der Waals surface area contributed by atoms with Crippen LogP contribution in [0.25, 0.3) is 0 Å². The summed E-state index contributed by atoms with van der Waals surface area (Å²) in [6, 6.07) is 16.7. The molecule has 168 valence electrons. The lowest BCUT2D eigenvalue weighted by atomic mass is 9.89. The Morgan fingerprint density at radius 2 is 1.81 bits per heavy atom. The van der Waals surface area contributed by atoms with Gasteiger partial charge in [0.25, 0.3) is 0 Å². The molecular weight excluding hydrogens is 404 g/mol. The molecule has 0 saturated heterocycles. The fourth-order valence-corrected chi connectivity index (χ4v) is 3.71. The summed E-state index contributed by atoms with van der Waals surface area (Å²) in [7, 11) is 0. The summed E-state index contributed by atoms with van der Waals surface area (Å²) in [6.45, 7) is 3.70. The lowest BCUT2D eigenvalue weighted by Crippen LogP contribution is -2.57. The predicted molar refractivity (Wildman–Crippen MR) is 124 cm³/mol. The Morgan fingerprint density at radius 3 is 2.47 bits per heavy atom. The minimum absolute atomic E-state index is 0.138. The van der Waals surface area contributed by atoms with Gasteiger partial charge in [-0.25, -0.2) is 0 Å². The monoisotopic (exact) mass is 434 g/mol. The second-order valence-corrected chi connectivity index (χ2v) is 8.04. The molecule has 1 amide bonds. The molecule has 1 aliphatic rings. The molecule has 0 aromatic heterocycles.